The maximum Gasteiger partial charge on any atom is 0.311 e. The topological polar surface area (TPSA) is 52.4 Å². The van der Waals surface area contributed by atoms with Gasteiger partial charge in [-0.25, -0.2) is 0 Å². The number of ether oxygens (including phenoxy) is 1. The molecule has 84 valence electrons. The molecule has 0 radical (unpaired) electrons. The summed E-state index contributed by atoms with van der Waals surface area (Å²) in [4.78, 5) is 10.4. The maximum atomic E-state index is 10.8. The minimum atomic E-state index is -0.440. The molecule has 0 unspecified atom stereocenters. The van der Waals surface area contributed by atoms with Gasteiger partial charge in [-0.3, -0.25) is 10.1 Å². The Balaban J connectivity index is 2.90. The Morgan fingerprint density at radius 1 is 1.56 bits per heavy atom. The molecule has 0 fully saturated rings. The third-order valence-corrected chi connectivity index (χ3v) is 2.13. The molecule has 1 rings (SSSR count). The summed E-state index contributed by atoms with van der Waals surface area (Å²) in [5.41, 5.74) is 0.910. The molecular formula is C12H13NO3. The fourth-order valence-corrected chi connectivity index (χ4v) is 1.27. The molecule has 1 aromatic carbocycles. The molecule has 0 saturated heterocycles. The average molecular weight is 219 g/mol. The number of nitrogens with zero attached hydrogens (tertiary/aromatic N) is 1. The van der Waals surface area contributed by atoms with Crippen LogP contribution in [0.3, 0.4) is 0 Å². The van der Waals surface area contributed by atoms with Gasteiger partial charge in [0, 0.05) is 12.5 Å². The van der Waals surface area contributed by atoms with Crippen molar-refractivity contribution in [1.29, 1.82) is 0 Å². The molecule has 0 heterocycles. The summed E-state index contributed by atoms with van der Waals surface area (Å²) >= 11 is 0. The zero-order valence-corrected chi connectivity index (χ0v) is 9.10. The van der Waals surface area contributed by atoms with Crippen LogP contribution in [0.25, 0.3) is 0 Å². The van der Waals surface area contributed by atoms with E-state index in [0.29, 0.717) is 13.0 Å². The Bertz CT molecular complexity index is 421. The highest BCUT2D eigenvalue weighted by Gasteiger charge is 2.15. The molecule has 0 aliphatic carbocycles. The molecule has 0 aliphatic rings. The van der Waals surface area contributed by atoms with Crippen molar-refractivity contribution in [2.45, 2.75) is 19.8 Å². The van der Waals surface area contributed by atoms with Gasteiger partial charge in [0.2, 0.25) is 0 Å². The first-order valence-electron chi connectivity index (χ1n) is 5.02. The number of terminal acetylenes is 1. The summed E-state index contributed by atoms with van der Waals surface area (Å²) in [6.07, 6.45) is 6.26. The highest BCUT2D eigenvalue weighted by atomic mass is 16.6. The number of hydrogen-bond acceptors (Lipinski definition) is 3. The van der Waals surface area contributed by atoms with Crippen LogP contribution in [0.4, 0.5) is 5.69 Å². The first-order chi connectivity index (χ1) is 7.69. The van der Waals surface area contributed by atoms with Gasteiger partial charge in [-0.1, -0.05) is 13.0 Å². The fourth-order valence-electron chi connectivity index (χ4n) is 1.27. The minimum absolute atomic E-state index is 0.00336. The molecule has 0 spiro atoms. The second-order valence-electron chi connectivity index (χ2n) is 3.22. The number of nitro groups is 1. The van der Waals surface area contributed by atoms with E-state index in [1.165, 1.54) is 6.07 Å². The van der Waals surface area contributed by atoms with Gasteiger partial charge < -0.3 is 4.74 Å². The van der Waals surface area contributed by atoms with E-state index in [-0.39, 0.29) is 11.4 Å². The van der Waals surface area contributed by atoms with Gasteiger partial charge >= 0.3 is 5.69 Å². The average Bonchev–Trinajstić information content (AvgIpc) is 2.29. The summed E-state index contributed by atoms with van der Waals surface area (Å²) in [5.74, 6) is 2.69. The lowest BCUT2D eigenvalue weighted by atomic mass is 10.1. The van der Waals surface area contributed by atoms with E-state index in [4.69, 9.17) is 11.2 Å². The first-order valence-corrected chi connectivity index (χ1v) is 5.02. The number of hydrogen-bond donors (Lipinski definition) is 0. The quantitative estimate of drug-likeness (QED) is 0.331. The third kappa shape index (κ3) is 2.99. The van der Waals surface area contributed by atoms with Gasteiger partial charge in [0.05, 0.1) is 11.5 Å². The number of rotatable bonds is 5. The van der Waals surface area contributed by atoms with Crippen LogP contribution in [0.1, 0.15) is 18.9 Å². The van der Waals surface area contributed by atoms with Crippen molar-refractivity contribution in [2.24, 2.45) is 0 Å². The molecule has 1 aromatic rings. The van der Waals surface area contributed by atoms with Crippen LogP contribution in [0, 0.1) is 22.5 Å². The predicted molar refractivity (Wildman–Crippen MR) is 61.4 cm³/mol. The zero-order valence-electron chi connectivity index (χ0n) is 9.10. The van der Waals surface area contributed by atoms with Crippen molar-refractivity contribution in [1.82, 2.24) is 0 Å². The van der Waals surface area contributed by atoms with E-state index in [0.717, 1.165) is 12.0 Å². The lowest BCUT2D eigenvalue weighted by molar-refractivity contribution is -0.385. The summed E-state index contributed by atoms with van der Waals surface area (Å²) in [5, 5.41) is 10.8. The van der Waals surface area contributed by atoms with Crippen molar-refractivity contribution in [2.75, 3.05) is 6.61 Å². The Hall–Kier alpha value is -2.02. The number of benzene rings is 1. The third-order valence-electron chi connectivity index (χ3n) is 2.13. The highest BCUT2D eigenvalue weighted by Crippen LogP contribution is 2.28. The van der Waals surface area contributed by atoms with Crippen LogP contribution in [0.15, 0.2) is 18.2 Å². The van der Waals surface area contributed by atoms with Crippen LogP contribution in [-0.2, 0) is 6.42 Å². The fraction of sp³-hybridized carbons (Fsp3) is 0.333. The Morgan fingerprint density at radius 2 is 2.31 bits per heavy atom. The minimum Gasteiger partial charge on any atom is -0.486 e. The molecule has 0 bridgehead atoms. The lowest BCUT2D eigenvalue weighted by Crippen LogP contribution is -2.00. The van der Waals surface area contributed by atoms with Gasteiger partial charge in [-0.15, -0.1) is 12.3 Å². The second kappa shape index (κ2) is 5.76. The lowest BCUT2D eigenvalue weighted by Gasteiger charge is -2.06. The summed E-state index contributed by atoms with van der Waals surface area (Å²) in [7, 11) is 0. The van der Waals surface area contributed by atoms with Crippen LogP contribution in [0.2, 0.25) is 0 Å². The van der Waals surface area contributed by atoms with Gasteiger partial charge in [-0.2, -0.15) is 0 Å². The van der Waals surface area contributed by atoms with Crippen molar-refractivity contribution in [3.63, 3.8) is 0 Å². The van der Waals surface area contributed by atoms with E-state index in [2.05, 4.69) is 5.92 Å². The Kier molecular flexibility index (Phi) is 4.34. The van der Waals surface area contributed by atoms with E-state index in [1.807, 2.05) is 13.0 Å². The maximum absolute atomic E-state index is 10.8. The van der Waals surface area contributed by atoms with Crippen molar-refractivity contribution in [3.05, 3.63) is 33.9 Å². The van der Waals surface area contributed by atoms with Crippen LogP contribution in [-0.4, -0.2) is 11.5 Å². The van der Waals surface area contributed by atoms with Gasteiger partial charge in [-0.05, 0) is 18.1 Å². The molecule has 0 amide bonds. The van der Waals surface area contributed by atoms with Crippen molar-refractivity contribution in [3.8, 4) is 18.1 Å². The molecule has 0 atom stereocenters. The van der Waals surface area contributed by atoms with Gasteiger partial charge in [0.15, 0.2) is 5.75 Å². The Labute approximate surface area is 94.4 Å². The van der Waals surface area contributed by atoms with E-state index in [9.17, 15) is 10.1 Å². The summed E-state index contributed by atoms with van der Waals surface area (Å²) in [6, 6.07) is 4.97. The molecule has 16 heavy (non-hydrogen) atoms. The number of nitro benzene ring substituents is 1. The molecule has 4 nitrogen and oxygen atoms in total. The van der Waals surface area contributed by atoms with Crippen molar-refractivity contribution < 1.29 is 9.66 Å². The highest BCUT2D eigenvalue weighted by molar-refractivity contribution is 5.48. The second-order valence-corrected chi connectivity index (χ2v) is 3.22. The SMILES string of the molecule is C#CCCOc1ccc(CC)cc1[N+](=O)[O-]. The van der Waals surface area contributed by atoms with E-state index >= 15 is 0 Å². The molecule has 0 aliphatic heterocycles. The van der Waals surface area contributed by atoms with Crippen LogP contribution in [0.5, 0.6) is 5.75 Å². The molecule has 4 heteroatoms. The van der Waals surface area contributed by atoms with Crippen molar-refractivity contribution >= 4 is 5.69 Å². The smallest absolute Gasteiger partial charge is 0.311 e. The van der Waals surface area contributed by atoms with Gasteiger partial charge in [0.25, 0.3) is 0 Å². The standard InChI is InChI=1S/C12H13NO3/c1-3-5-8-16-12-7-6-10(4-2)9-11(12)13(14)15/h1,6-7,9H,4-5,8H2,2H3. The van der Waals surface area contributed by atoms with E-state index < -0.39 is 4.92 Å². The number of aryl methyl sites for hydroxylation is 1. The predicted octanol–water partition coefficient (Wildman–Crippen LogP) is 2.56. The van der Waals surface area contributed by atoms with Gasteiger partial charge in [0.1, 0.15) is 0 Å². The monoisotopic (exact) mass is 219 g/mol. The molecule has 0 aromatic heterocycles. The van der Waals surface area contributed by atoms with Crippen LogP contribution < -0.4 is 4.74 Å². The molecule has 0 N–H and O–H groups in total. The zero-order chi connectivity index (χ0) is 12.0. The summed E-state index contributed by atoms with van der Waals surface area (Å²) in [6.45, 7) is 2.24. The summed E-state index contributed by atoms with van der Waals surface area (Å²) < 4.78 is 5.25. The first kappa shape index (κ1) is 12.1. The largest absolute Gasteiger partial charge is 0.486 e. The van der Waals surface area contributed by atoms with E-state index in [1.54, 1.807) is 6.07 Å². The molecular weight excluding hydrogens is 206 g/mol. The normalized spacial score (nSPS) is 9.50. The molecule has 0 saturated carbocycles. The Morgan fingerprint density at radius 3 is 2.88 bits per heavy atom. The van der Waals surface area contributed by atoms with Crippen LogP contribution >= 0.6 is 0 Å².